The van der Waals surface area contributed by atoms with Gasteiger partial charge in [-0.25, -0.2) is 4.39 Å². The Balaban J connectivity index is 2.12. The standard InChI is InChI=1S/C11H10FN3OS/c1-7(8-2-4-9(12)5-3-8)14-15-11-13-10(16)6-17-11/h2-5H,6H2,1H3,(H,13,15,16)/b14-7+. The first-order valence-corrected chi connectivity index (χ1v) is 5.94. The minimum Gasteiger partial charge on any atom is -0.303 e. The molecule has 0 saturated carbocycles. The minimum atomic E-state index is -0.286. The molecule has 17 heavy (non-hydrogen) atoms. The number of amidine groups is 1. The van der Waals surface area contributed by atoms with Gasteiger partial charge in [0.25, 0.3) is 0 Å². The second-order valence-corrected chi connectivity index (χ2v) is 4.40. The first-order valence-electron chi connectivity index (χ1n) is 4.96. The van der Waals surface area contributed by atoms with E-state index in [0.717, 1.165) is 5.56 Å². The Hall–Kier alpha value is -1.69. The van der Waals surface area contributed by atoms with Crippen LogP contribution in [-0.2, 0) is 4.79 Å². The van der Waals surface area contributed by atoms with Gasteiger partial charge in [0.1, 0.15) is 5.82 Å². The summed E-state index contributed by atoms with van der Waals surface area (Å²) in [4.78, 5) is 10.9. The Labute approximate surface area is 102 Å². The fourth-order valence-corrected chi connectivity index (χ4v) is 1.87. The molecule has 0 atom stereocenters. The second-order valence-electron chi connectivity index (χ2n) is 3.43. The number of hydrogen-bond acceptors (Lipinski definition) is 4. The molecule has 6 heteroatoms. The van der Waals surface area contributed by atoms with Crippen molar-refractivity contribution in [3.63, 3.8) is 0 Å². The molecule has 88 valence electrons. The van der Waals surface area contributed by atoms with E-state index in [1.165, 1.54) is 23.9 Å². The number of rotatable bonds is 2. The molecule has 1 heterocycles. The lowest BCUT2D eigenvalue weighted by atomic mass is 10.1. The van der Waals surface area contributed by atoms with Crippen LogP contribution in [0.5, 0.6) is 0 Å². The van der Waals surface area contributed by atoms with Crippen molar-refractivity contribution in [1.29, 1.82) is 0 Å². The third kappa shape index (κ3) is 3.13. The average molecular weight is 251 g/mol. The topological polar surface area (TPSA) is 53.8 Å². The van der Waals surface area contributed by atoms with E-state index in [2.05, 4.69) is 15.5 Å². The van der Waals surface area contributed by atoms with Gasteiger partial charge in [-0.15, -0.1) is 5.10 Å². The largest absolute Gasteiger partial charge is 0.303 e. The summed E-state index contributed by atoms with van der Waals surface area (Å²) >= 11 is 1.31. The normalized spacial score (nSPS) is 18.6. The molecule has 2 rings (SSSR count). The number of thioether (sulfide) groups is 1. The van der Waals surface area contributed by atoms with Crippen LogP contribution >= 0.6 is 11.8 Å². The van der Waals surface area contributed by atoms with E-state index in [-0.39, 0.29) is 11.7 Å². The van der Waals surface area contributed by atoms with Crippen LogP contribution < -0.4 is 5.32 Å². The molecule has 0 aromatic heterocycles. The van der Waals surface area contributed by atoms with E-state index in [1.54, 1.807) is 19.1 Å². The van der Waals surface area contributed by atoms with Gasteiger partial charge in [-0.05, 0) is 24.6 Å². The summed E-state index contributed by atoms with van der Waals surface area (Å²) in [7, 11) is 0. The lowest BCUT2D eigenvalue weighted by Crippen LogP contribution is -2.19. The summed E-state index contributed by atoms with van der Waals surface area (Å²) in [5, 5.41) is 11.0. The molecule has 1 saturated heterocycles. The highest BCUT2D eigenvalue weighted by atomic mass is 32.2. The van der Waals surface area contributed by atoms with Crippen molar-refractivity contribution in [2.45, 2.75) is 6.92 Å². The van der Waals surface area contributed by atoms with Crippen molar-refractivity contribution < 1.29 is 9.18 Å². The van der Waals surface area contributed by atoms with Crippen molar-refractivity contribution in [3.8, 4) is 0 Å². The zero-order valence-corrected chi connectivity index (χ0v) is 9.92. The number of carbonyl (C=O) groups is 1. The zero-order valence-electron chi connectivity index (χ0n) is 9.11. The molecule has 1 fully saturated rings. The molecule has 0 unspecified atom stereocenters. The van der Waals surface area contributed by atoms with E-state index in [0.29, 0.717) is 16.6 Å². The highest BCUT2D eigenvalue weighted by molar-refractivity contribution is 8.15. The van der Waals surface area contributed by atoms with Crippen LogP contribution in [0.3, 0.4) is 0 Å². The highest BCUT2D eigenvalue weighted by Gasteiger charge is 2.16. The van der Waals surface area contributed by atoms with Crippen LogP contribution in [0.15, 0.2) is 34.5 Å². The van der Waals surface area contributed by atoms with Gasteiger partial charge in [0, 0.05) is 0 Å². The predicted molar refractivity (Wildman–Crippen MR) is 66.6 cm³/mol. The minimum absolute atomic E-state index is 0.0663. The summed E-state index contributed by atoms with van der Waals surface area (Å²) in [5.41, 5.74) is 1.46. The molecule has 1 N–H and O–H groups in total. The molecule has 0 spiro atoms. The van der Waals surface area contributed by atoms with Crippen LogP contribution in [0.25, 0.3) is 0 Å². The third-order valence-corrected chi connectivity index (χ3v) is 3.00. The number of nitrogens with zero attached hydrogens (tertiary/aromatic N) is 2. The van der Waals surface area contributed by atoms with Crippen LogP contribution in [-0.4, -0.2) is 22.5 Å². The van der Waals surface area contributed by atoms with Crippen molar-refractivity contribution in [2.75, 3.05) is 5.75 Å². The van der Waals surface area contributed by atoms with Gasteiger partial charge < -0.3 is 5.32 Å². The van der Waals surface area contributed by atoms with Gasteiger partial charge in [-0.3, -0.25) is 4.79 Å². The number of benzene rings is 1. The summed E-state index contributed by atoms with van der Waals surface area (Å²) in [6.07, 6.45) is 0. The number of amides is 1. The van der Waals surface area contributed by atoms with Crippen molar-refractivity contribution in [3.05, 3.63) is 35.6 Å². The molecule has 4 nitrogen and oxygen atoms in total. The van der Waals surface area contributed by atoms with Gasteiger partial charge in [0.15, 0.2) is 5.17 Å². The summed E-state index contributed by atoms with van der Waals surface area (Å²) in [6, 6.07) is 6.00. The van der Waals surface area contributed by atoms with Gasteiger partial charge in [-0.1, -0.05) is 23.9 Å². The van der Waals surface area contributed by atoms with Gasteiger partial charge >= 0.3 is 0 Å². The SMILES string of the molecule is C/C(=N\N=C1\NC(=O)CS1)c1ccc(F)cc1. The van der Waals surface area contributed by atoms with E-state index >= 15 is 0 Å². The van der Waals surface area contributed by atoms with Crippen LogP contribution in [0.1, 0.15) is 12.5 Å². The predicted octanol–water partition coefficient (Wildman–Crippen LogP) is 1.77. The Kier molecular flexibility index (Phi) is 3.53. The van der Waals surface area contributed by atoms with E-state index < -0.39 is 0 Å². The molecule has 1 aromatic rings. The molecular weight excluding hydrogens is 241 g/mol. The number of nitrogens with one attached hydrogen (secondary N) is 1. The maximum Gasteiger partial charge on any atom is 0.236 e. The molecule has 0 bridgehead atoms. The molecular formula is C11H10FN3OS. The summed E-state index contributed by atoms with van der Waals surface area (Å²) in [5.74, 6) is 0.0269. The fourth-order valence-electron chi connectivity index (χ4n) is 1.25. The maximum atomic E-state index is 12.7. The van der Waals surface area contributed by atoms with Gasteiger partial charge in [-0.2, -0.15) is 5.10 Å². The number of carbonyl (C=O) groups excluding carboxylic acids is 1. The molecule has 1 aliphatic heterocycles. The first kappa shape index (κ1) is 11.8. The molecule has 1 aliphatic rings. The number of halogens is 1. The van der Waals surface area contributed by atoms with Crippen molar-refractivity contribution in [2.24, 2.45) is 10.2 Å². The first-order chi connectivity index (χ1) is 8.15. The van der Waals surface area contributed by atoms with Gasteiger partial charge in [0.2, 0.25) is 5.91 Å². The highest BCUT2D eigenvalue weighted by Crippen LogP contribution is 2.10. The van der Waals surface area contributed by atoms with Crippen LogP contribution in [0.2, 0.25) is 0 Å². The lowest BCUT2D eigenvalue weighted by molar-refractivity contribution is -0.116. The number of hydrogen-bond donors (Lipinski definition) is 1. The molecule has 0 radical (unpaired) electrons. The third-order valence-electron chi connectivity index (χ3n) is 2.14. The maximum absolute atomic E-state index is 12.7. The molecule has 0 aliphatic carbocycles. The Morgan fingerprint density at radius 1 is 1.41 bits per heavy atom. The van der Waals surface area contributed by atoms with E-state index in [1.807, 2.05) is 0 Å². The monoisotopic (exact) mass is 251 g/mol. The quantitative estimate of drug-likeness (QED) is 0.643. The summed E-state index contributed by atoms with van der Waals surface area (Å²) < 4.78 is 12.7. The average Bonchev–Trinajstić information content (AvgIpc) is 2.73. The lowest BCUT2D eigenvalue weighted by Gasteiger charge is -1.98. The second kappa shape index (κ2) is 5.09. The zero-order chi connectivity index (χ0) is 12.3. The fraction of sp³-hybridized carbons (Fsp3) is 0.182. The van der Waals surface area contributed by atoms with Crippen LogP contribution in [0, 0.1) is 5.82 Å². The Morgan fingerprint density at radius 3 is 2.71 bits per heavy atom. The Morgan fingerprint density at radius 2 is 2.12 bits per heavy atom. The summed E-state index contributed by atoms with van der Waals surface area (Å²) in [6.45, 7) is 1.78. The van der Waals surface area contributed by atoms with Crippen LogP contribution in [0.4, 0.5) is 4.39 Å². The molecule has 1 aromatic carbocycles. The van der Waals surface area contributed by atoms with Crippen molar-refractivity contribution in [1.82, 2.24) is 5.32 Å². The van der Waals surface area contributed by atoms with Crippen molar-refractivity contribution >= 4 is 28.5 Å². The van der Waals surface area contributed by atoms with E-state index in [9.17, 15) is 9.18 Å². The molecule has 1 amide bonds. The smallest absolute Gasteiger partial charge is 0.236 e. The van der Waals surface area contributed by atoms with Gasteiger partial charge in [0.05, 0.1) is 11.5 Å². The van der Waals surface area contributed by atoms with E-state index in [4.69, 9.17) is 0 Å². The Bertz CT molecular complexity index is 496.